The molecule has 0 saturated carbocycles. The van der Waals surface area contributed by atoms with Crippen molar-refractivity contribution >= 4 is 46.7 Å². The summed E-state index contributed by atoms with van der Waals surface area (Å²) in [4.78, 5) is 21.9. The van der Waals surface area contributed by atoms with E-state index in [0.717, 1.165) is 0 Å². The summed E-state index contributed by atoms with van der Waals surface area (Å²) in [5.74, 6) is -1.63. The van der Waals surface area contributed by atoms with Crippen molar-refractivity contribution in [3.8, 4) is 0 Å². The van der Waals surface area contributed by atoms with Crippen LogP contribution in [0.25, 0.3) is 0 Å². The summed E-state index contributed by atoms with van der Waals surface area (Å²) >= 11 is 17.2. The second kappa shape index (κ2) is 5.39. The summed E-state index contributed by atoms with van der Waals surface area (Å²) in [6.45, 7) is -0.544. The van der Waals surface area contributed by atoms with E-state index in [-0.39, 0.29) is 20.6 Å². The largest absolute Gasteiger partial charge is 0.452 e. The molecule has 0 aliphatic heterocycles. The lowest BCUT2D eigenvalue weighted by Crippen LogP contribution is -2.21. The second-order valence-electron chi connectivity index (χ2n) is 2.76. The van der Waals surface area contributed by atoms with Crippen molar-refractivity contribution in [2.24, 2.45) is 5.73 Å². The molecule has 0 aliphatic rings. The molecule has 0 bridgehead atoms. The molecule has 1 amide bonds. The summed E-state index contributed by atoms with van der Waals surface area (Å²) in [6.07, 6.45) is 0. The maximum absolute atomic E-state index is 11.5. The SMILES string of the molecule is NC(=O)COC(=O)c1c(Cl)ccc(Cl)c1Cl. The third-order valence-electron chi connectivity index (χ3n) is 1.59. The van der Waals surface area contributed by atoms with Crippen molar-refractivity contribution in [3.63, 3.8) is 0 Å². The lowest BCUT2D eigenvalue weighted by molar-refractivity contribution is -0.121. The summed E-state index contributed by atoms with van der Waals surface area (Å²) in [5, 5.41) is 0.226. The van der Waals surface area contributed by atoms with E-state index in [9.17, 15) is 9.59 Å². The number of esters is 1. The first-order chi connectivity index (χ1) is 7.43. The molecule has 16 heavy (non-hydrogen) atoms. The average Bonchev–Trinajstić information content (AvgIpc) is 2.21. The molecule has 0 aliphatic carbocycles. The Balaban J connectivity index is 2.99. The van der Waals surface area contributed by atoms with Crippen LogP contribution in [0.4, 0.5) is 0 Å². The molecule has 0 radical (unpaired) electrons. The molecule has 0 aromatic heterocycles. The number of carbonyl (C=O) groups excluding carboxylic acids is 2. The first kappa shape index (κ1) is 13.1. The van der Waals surface area contributed by atoms with Crippen LogP contribution in [0.15, 0.2) is 12.1 Å². The first-order valence-corrected chi connectivity index (χ1v) is 5.15. The monoisotopic (exact) mass is 281 g/mol. The molecule has 0 heterocycles. The fraction of sp³-hybridized carbons (Fsp3) is 0.111. The van der Waals surface area contributed by atoms with Crippen LogP contribution in [0.2, 0.25) is 15.1 Å². The van der Waals surface area contributed by atoms with Crippen LogP contribution in [0.3, 0.4) is 0 Å². The molecule has 86 valence electrons. The molecule has 7 heteroatoms. The molecule has 1 aromatic carbocycles. The highest BCUT2D eigenvalue weighted by molar-refractivity contribution is 6.46. The van der Waals surface area contributed by atoms with E-state index >= 15 is 0 Å². The first-order valence-electron chi connectivity index (χ1n) is 4.02. The fourth-order valence-corrected chi connectivity index (χ4v) is 1.61. The van der Waals surface area contributed by atoms with E-state index < -0.39 is 18.5 Å². The van der Waals surface area contributed by atoms with Gasteiger partial charge in [0.05, 0.1) is 20.6 Å². The number of carbonyl (C=O) groups is 2. The normalized spacial score (nSPS) is 9.94. The zero-order valence-electron chi connectivity index (χ0n) is 7.80. The number of nitrogens with two attached hydrogens (primary N) is 1. The lowest BCUT2D eigenvalue weighted by Gasteiger charge is -2.07. The number of hydrogen-bond acceptors (Lipinski definition) is 3. The van der Waals surface area contributed by atoms with Crippen LogP contribution in [-0.2, 0) is 9.53 Å². The molecule has 4 nitrogen and oxygen atoms in total. The van der Waals surface area contributed by atoms with Crippen molar-refractivity contribution in [2.45, 2.75) is 0 Å². The molecule has 0 atom stereocenters. The van der Waals surface area contributed by atoms with Gasteiger partial charge in [0, 0.05) is 0 Å². The zero-order valence-corrected chi connectivity index (χ0v) is 10.1. The smallest absolute Gasteiger partial charge is 0.341 e. The maximum atomic E-state index is 11.5. The summed E-state index contributed by atoms with van der Waals surface area (Å²) in [6, 6.07) is 2.84. The summed E-state index contributed by atoms with van der Waals surface area (Å²) < 4.78 is 4.57. The molecule has 1 rings (SSSR count). The second-order valence-corrected chi connectivity index (χ2v) is 3.95. The van der Waals surface area contributed by atoms with Gasteiger partial charge in [0.2, 0.25) is 0 Å². The molecular weight excluding hydrogens is 276 g/mol. The van der Waals surface area contributed by atoms with E-state index in [1.165, 1.54) is 12.1 Å². The third-order valence-corrected chi connectivity index (χ3v) is 2.71. The standard InChI is InChI=1S/C9H6Cl3NO3/c10-4-1-2-5(11)8(12)7(4)9(15)16-3-6(13)14/h1-2H,3H2,(H2,13,14). The fourth-order valence-electron chi connectivity index (χ4n) is 0.923. The van der Waals surface area contributed by atoms with Crippen molar-refractivity contribution in [1.29, 1.82) is 0 Å². The number of hydrogen-bond donors (Lipinski definition) is 1. The summed E-state index contributed by atoms with van der Waals surface area (Å²) in [7, 11) is 0. The predicted octanol–water partition coefficient (Wildman–Crippen LogP) is 2.29. The van der Waals surface area contributed by atoms with E-state index in [1.807, 2.05) is 0 Å². The van der Waals surface area contributed by atoms with Crippen molar-refractivity contribution in [2.75, 3.05) is 6.61 Å². The van der Waals surface area contributed by atoms with Crippen LogP contribution in [0.5, 0.6) is 0 Å². The van der Waals surface area contributed by atoms with E-state index in [1.54, 1.807) is 0 Å². The van der Waals surface area contributed by atoms with Crippen molar-refractivity contribution in [3.05, 3.63) is 32.8 Å². The minimum absolute atomic E-state index is 0.0244. The topological polar surface area (TPSA) is 69.4 Å². The van der Waals surface area contributed by atoms with Crippen LogP contribution in [-0.4, -0.2) is 18.5 Å². The molecular formula is C9H6Cl3NO3. The Morgan fingerprint density at radius 2 is 1.75 bits per heavy atom. The van der Waals surface area contributed by atoms with Gasteiger partial charge in [-0.15, -0.1) is 0 Å². The summed E-state index contributed by atoms with van der Waals surface area (Å²) in [5.41, 5.74) is 4.73. The number of amides is 1. The van der Waals surface area contributed by atoms with Gasteiger partial charge in [-0.05, 0) is 12.1 Å². The van der Waals surface area contributed by atoms with Crippen molar-refractivity contribution < 1.29 is 14.3 Å². The zero-order chi connectivity index (χ0) is 12.3. The predicted molar refractivity (Wildman–Crippen MR) is 60.9 cm³/mol. The van der Waals surface area contributed by atoms with E-state index in [2.05, 4.69) is 4.74 Å². The van der Waals surface area contributed by atoms with Gasteiger partial charge in [-0.3, -0.25) is 4.79 Å². The molecule has 1 aromatic rings. The Bertz CT molecular complexity index is 448. The van der Waals surface area contributed by atoms with Crippen molar-refractivity contribution in [1.82, 2.24) is 0 Å². The number of halogens is 3. The van der Waals surface area contributed by atoms with Crippen LogP contribution >= 0.6 is 34.8 Å². The van der Waals surface area contributed by atoms with Gasteiger partial charge in [-0.25, -0.2) is 4.79 Å². The highest BCUT2D eigenvalue weighted by Crippen LogP contribution is 2.31. The van der Waals surface area contributed by atoms with Gasteiger partial charge < -0.3 is 10.5 Å². The average molecular weight is 283 g/mol. The number of primary amides is 1. The number of benzene rings is 1. The minimum atomic E-state index is -0.851. The Morgan fingerprint density at radius 1 is 1.19 bits per heavy atom. The third kappa shape index (κ3) is 3.01. The van der Waals surface area contributed by atoms with Gasteiger partial charge in [0.15, 0.2) is 6.61 Å². The molecule has 2 N–H and O–H groups in total. The van der Waals surface area contributed by atoms with Gasteiger partial charge in [0.25, 0.3) is 5.91 Å². The number of ether oxygens (including phenoxy) is 1. The van der Waals surface area contributed by atoms with Gasteiger partial charge >= 0.3 is 5.97 Å². The Kier molecular flexibility index (Phi) is 4.41. The highest BCUT2D eigenvalue weighted by Gasteiger charge is 2.19. The highest BCUT2D eigenvalue weighted by atomic mass is 35.5. The molecule has 0 unspecified atom stereocenters. The minimum Gasteiger partial charge on any atom is -0.452 e. The quantitative estimate of drug-likeness (QED) is 0.683. The Morgan fingerprint density at radius 3 is 2.31 bits per heavy atom. The van der Waals surface area contributed by atoms with E-state index in [4.69, 9.17) is 40.5 Å². The van der Waals surface area contributed by atoms with Crippen LogP contribution in [0, 0.1) is 0 Å². The van der Waals surface area contributed by atoms with Gasteiger partial charge in [-0.1, -0.05) is 34.8 Å². The number of rotatable bonds is 3. The Labute approximate surface area is 106 Å². The molecule has 0 fully saturated rings. The maximum Gasteiger partial charge on any atom is 0.341 e. The van der Waals surface area contributed by atoms with E-state index in [0.29, 0.717) is 0 Å². The van der Waals surface area contributed by atoms with Gasteiger partial charge in [-0.2, -0.15) is 0 Å². The molecule has 0 saturated heterocycles. The molecule has 0 spiro atoms. The van der Waals surface area contributed by atoms with Gasteiger partial charge in [0.1, 0.15) is 0 Å². The van der Waals surface area contributed by atoms with Crippen LogP contribution in [0.1, 0.15) is 10.4 Å². The van der Waals surface area contributed by atoms with Crippen LogP contribution < -0.4 is 5.73 Å². The Hall–Kier alpha value is -0.970. The lowest BCUT2D eigenvalue weighted by atomic mass is 10.2.